The second kappa shape index (κ2) is 8.93. The Morgan fingerprint density at radius 1 is 1.06 bits per heavy atom. The van der Waals surface area contributed by atoms with E-state index < -0.39 is 20.6 Å². The van der Waals surface area contributed by atoms with Gasteiger partial charge in [0.2, 0.25) is 10.0 Å². The van der Waals surface area contributed by atoms with Crippen molar-refractivity contribution >= 4 is 33.2 Å². The van der Waals surface area contributed by atoms with Crippen molar-refractivity contribution in [1.29, 1.82) is 0 Å². The molecule has 12 heteroatoms. The molecule has 0 saturated carbocycles. The summed E-state index contributed by atoms with van der Waals surface area (Å²) in [5, 5.41) is 11.5. The molecule has 2 heterocycles. The molecule has 2 aromatic carbocycles. The molecule has 2 aliphatic heterocycles. The van der Waals surface area contributed by atoms with Gasteiger partial charge in [0.15, 0.2) is 16.4 Å². The van der Waals surface area contributed by atoms with Crippen molar-refractivity contribution in [1.82, 2.24) is 9.21 Å². The second-order valence-corrected chi connectivity index (χ2v) is 9.57. The SMILES string of the molecule is O=C(c1cc(Cl)c2c(c1)OCCCO2)N1CCN(S(=O)(=O)c2ccccc2[N+](=O)[O-])CC1. The zero-order chi connectivity index (χ0) is 22.9. The maximum Gasteiger partial charge on any atom is 0.289 e. The normalized spacial score (nSPS) is 17.0. The van der Waals surface area contributed by atoms with Crippen LogP contribution in [0.25, 0.3) is 0 Å². The van der Waals surface area contributed by atoms with E-state index in [-0.39, 0.29) is 42.0 Å². The molecule has 10 nitrogen and oxygen atoms in total. The number of ether oxygens (including phenoxy) is 2. The van der Waals surface area contributed by atoms with E-state index in [2.05, 4.69) is 0 Å². The lowest BCUT2D eigenvalue weighted by molar-refractivity contribution is -0.387. The predicted molar refractivity (Wildman–Crippen MR) is 115 cm³/mol. The van der Waals surface area contributed by atoms with Gasteiger partial charge in [-0.1, -0.05) is 23.7 Å². The van der Waals surface area contributed by atoms with Crippen molar-refractivity contribution in [3.8, 4) is 11.5 Å². The highest BCUT2D eigenvalue weighted by Crippen LogP contribution is 2.38. The fourth-order valence-corrected chi connectivity index (χ4v) is 5.48. The topological polar surface area (TPSA) is 119 Å². The fourth-order valence-electron chi connectivity index (χ4n) is 3.63. The Morgan fingerprint density at radius 2 is 1.75 bits per heavy atom. The van der Waals surface area contributed by atoms with Crippen molar-refractivity contribution < 1.29 is 27.6 Å². The third kappa shape index (κ3) is 4.23. The van der Waals surface area contributed by atoms with Gasteiger partial charge in [-0.2, -0.15) is 4.31 Å². The van der Waals surface area contributed by atoms with Crippen LogP contribution < -0.4 is 9.47 Å². The zero-order valence-electron chi connectivity index (χ0n) is 16.9. The molecular formula is C20H20ClN3O7S. The van der Waals surface area contributed by atoms with Crippen molar-refractivity contribution in [3.63, 3.8) is 0 Å². The molecule has 2 aliphatic rings. The average molecular weight is 482 g/mol. The summed E-state index contributed by atoms with van der Waals surface area (Å²) in [5.74, 6) is 0.488. The van der Waals surface area contributed by atoms with Crippen LogP contribution in [-0.4, -0.2) is 67.8 Å². The first kappa shape index (κ1) is 22.3. The zero-order valence-corrected chi connectivity index (χ0v) is 18.5. The molecule has 1 fully saturated rings. The number of nitrogens with zero attached hydrogens (tertiary/aromatic N) is 3. The van der Waals surface area contributed by atoms with E-state index in [1.807, 2.05) is 0 Å². The maximum absolute atomic E-state index is 13.0. The monoisotopic (exact) mass is 481 g/mol. The number of piperazine rings is 1. The molecule has 0 spiro atoms. The van der Waals surface area contributed by atoms with Crippen molar-refractivity contribution in [2.45, 2.75) is 11.3 Å². The predicted octanol–water partition coefficient (Wildman–Crippen LogP) is 2.56. The Balaban J connectivity index is 1.50. The van der Waals surface area contributed by atoms with Crippen LogP contribution in [0, 0.1) is 10.1 Å². The third-order valence-corrected chi connectivity index (χ3v) is 7.48. The summed E-state index contributed by atoms with van der Waals surface area (Å²) in [6, 6.07) is 8.30. The molecule has 4 rings (SSSR count). The average Bonchev–Trinajstić information content (AvgIpc) is 3.04. The van der Waals surface area contributed by atoms with E-state index in [0.717, 1.165) is 10.4 Å². The molecule has 0 aromatic heterocycles. The molecule has 1 amide bonds. The largest absolute Gasteiger partial charge is 0.489 e. The summed E-state index contributed by atoms with van der Waals surface area (Å²) in [6.45, 7) is 1.20. The Morgan fingerprint density at radius 3 is 2.47 bits per heavy atom. The highest BCUT2D eigenvalue weighted by atomic mass is 35.5. The first-order chi connectivity index (χ1) is 15.3. The van der Waals surface area contributed by atoms with E-state index in [0.29, 0.717) is 36.7 Å². The number of rotatable bonds is 4. The molecule has 0 N–H and O–H groups in total. The minimum atomic E-state index is -4.08. The number of para-hydroxylation sites is 1. The number of benzene rings is 2. The molecular weight excluding hydrogens is 462 g/mol. The summed E-state index contributed by atoms with van der Waals surface area (Å²) < 4.78 is 38.3. The number of hydrogen-bond donors (Lipinski definition) is 0. The molecule has 0 aliphatic carbocycles. The molecule has 32 heavy (non-hydrogen) atoms. The summed E-state index contributed by atoms with van der Waals surface area (Å²) in [7, 11) is -4.08. The van der Waals surface area contributed by atoms with Crippen LogP contribution in [0.15, 0.2) is 41.3 Å². The van der Waals surface area contributed by atoms with Crippen LogP contribution in [0.3, 0.4) is 0 Å². The van der Waals surface area contributed by atoms with Gasteiger partial charge in [-0.3, -0.25) is 14.9 Å². The Kier molecular flexibility index (Phi) is 6.22. The number of fused-ring (bicyclic) bond motifs is 1. The number of hydrogen-bond acceptors (Lipinski definition) is 7. The van der Waals surface area contributed by atoms with Crippen LogP contribution in [0.5, 0.6) is 11.5 Å². The van der Waals surface area contributed by atoms with Crippen LogP contribution in [-0.2, 0) is 10.0 Å². The molecule has 0 atom stereocenters. The van der Waals surface area contributed by atoms with Crippen LogP contribution in [0.2, 0.25) is 5.02 Å². The highest BCUT2D eigenvalue weighted by molar-refractivity contribution is 7.89. The van der Waals surface area contributed by atoms with E-state index in [4.69, 9.17) is 21.1 Å². The fraction of sp³-hybridized carbons (Fsp3) is 0.350. The number of amides is 1. The van der Waals surface area contributed by atoms with Crippen LogP contribution in [0.1, 0.15) is 16.8 Å². The molecule has 0 unspecified atom stereocenters. The number of sulfonamides is 1. The molecule has 0 radical (unpaired) electrons. The summed E-state index contributed by atoms with van der Waals surface area (Å²) >= 11 is 6.28. The number of carbonyl (C=O) groups is 1. The van der Waals surface area contributed by atoms with Gasteiger partial charge in [-0.25, -0.2) is 8.42 Å². The second-order valence-electron chi connectivity index (χ2n) is 7.26. The molecule has 0 bridgehead atoms. The van der Waals surface area contributed by atoms with Crippen LogP contribution in [0.4, 0.5) is 5.69 Å². The molecule has 1 saturated heterocycles. The van der Waals surface area contributed by atoms with Crippen molar-refractivity contribution in [2.75, 3.05) is 39.4 Å². The van der Waals surface area contributed by atoms with Gasteiger partial charge in [0.25, 0.3) is 11.6 Å². The number of nitro benzene ring substituents is 1. The third-order valence-electron chi connectivity index (χ3n) is 5.25. The van der Waals surface area contributed by atoms with Gasteiger partial charge in [0, 0.05) is 44.2 Å². The van der Waals surface area contributed by atoms with Gasteiger partial charge in [-0.05, 0) is 18.2 Å². The first-order valence-corrected chi connectivity index (χ1v) is 11.7. The maximum atomic E-state index is 13.0. The Bertz CT molecular complexity index is 1160. The van der Waals surface area contributed by atoms with E-state index >= 15 is 0 Å². The summed E-state index contributed by atoms with van der Waals surface area (Å²) in [6.07, 6.45) is 0.699. The highest BCUT2D eigenvalue weighted by Gasteiger charge is 2.35. The summed E-state index contributed by atoms with van der Waals surface area (Å²) in [5.41, 5.74) is -0.165. The van der Waals surface area contributed by atoms with Crippen molar-refractivity contribution in [2.24, 2.45) is 0 Å². The Hall–Kier alpha value is -2.89. The summed E-state index contributed by atoms with van der Waals surface area (Å²) in [4.78, 5) is 24.7. The lowest BCUT2D eigenvalue weighted by Crippen LogP contribution is -2.50. The lowest BCUT2D eigenvalue weighted by atomic mass is 10.1. The van der Waals surface area contributed by atoms with Crippen molar-refractivity contribution in [3.05, 3.63) is 57.1 Å². The van der Waals surface area contributed by atoms with Gasteiger partial charge in [0.05, 0.1) is 23.2 Å². The molecule has 170 valence electrons. The van der Waals surface area contributed by atoms with E-state index in [1.54, 1.807) is 6.07 Å². The minimum Gasteiger partial charge on any atom is -0.489 e. The number of halogens is 1. The minimum absolute atomic E-state index is 0.0123. The van der Waals surface area contributed by atoms with E-state index in [9.17, 15) is 23.3 Å². The smallest absolute Gasteiger partial charge is 0.289 e. The Labute approximate surface area is 189 Å². The van der Waals surface area contributed by atoms with E-state index in [1.165, 1.54) is 29.2 Å². The first-order valence-electron chi connectivity index (χ1n) is 9.91. The number of nitro groups is 1. The van der Waals surface area contributed by atoms with Gasteiger partial charge in [-0.15, -0.1) is 0 Å². The standard InChI is InChI=1S/C20H20ClN3O7S/c21-15-12-14(13-17-19(15)31-11-3-10-30-17)20(25)22-6-8-23(9-7-22)32(28,29)18-5-2-1-4-16(18)24(26)27/h1-2,4-5,12-13H,3,6-11H2. The lowest BCUT2D eigenvalue weighted by Gasteiger charge is -2.34. The van der Waals surface area contributed by atoms with Crippen LogP contribution >= 0.6 is 11.6 Å². The number of carbonyl (C=O) groups excluding carboxylic acids is 1. The quantitative estimate of drug-likeness (QED) is 0.486. The van der Waals surface area contributed by atoms with Gasteiger partial charge < -0.3 is 14.4 Å². The molecule has 2 aromatic rings. The van der Waals surface area contributed by atoms with Gasteiger partial charge >= 0.3 is 0 Å². The van der Waals surface area contributed by atoms with Gasteiger partial charge in [0.1, 0.15) is 0 Å².